The zero-order chi connectivity index (χ0) is 12.6. The fraction of sp³-hybridized carbons (Fsp3) is 0.250. The number of hydrogen-bond donors (Lipinski definition) is 1. The standard InChI is InChI=1S/C16H20N2/c1-17-12-13-18(16-10-6-3-7-11-16)14-15-8-4-2-5-9-15/h2-11,17H,12-14H2,1H3. The molecule has 2 rings (SSSR count). The molecule has 0 bridgehead atoms. The lowest BCUT2D eigenvalue weighted by molar-refractivity contribution is 0.722. The van der Waals surface area contributed by atoms with Crippen LogP contribution in [0.3, 0.4) is 0 Å². The third kappa shape index (κ3) is 3.60. The van der Waals surface area contributed by atoms with Gasteiger partial charge in [0.2, 0.25) is 0 Å². The van der Waals surface area contributed by atoms with Crippen LogP contribution in [0.4, 0.5) is 5.69 Å². The molecule has 2 nitrogen and oxygen atoms in total. The first-order valence-electron chi connectivity index (χ1n) is 6.38. The fourth-order valence-electron chi connectivity index (χ4n) is 1.99. The maximum atomic E-state index is 3.21. The lowest BCUT2D eigenvalue weighted by Crippen LogP contribution is -2.30. The summed E-state index contributed by atoms with van der Waals surface area (Å²) >= 11 is 0. The van der Waals surface area contributed by atoms with E-state index in [0.29, 0.717) is 0 Å². The molecule has 0 saturated heterocycles. The van der Waals surface area contributed by atoms with Crippen LogP contribution in [0.25, 0.3) is 0 Å². The van der Waals surface area contributed by atoms with Crippen LogP contribution in [0.5, 0.6) is 0 Å². The number of rotatable bonds is 6. The summed E-state index contributed by atoms with van der Waals surface area (Å²) in [5.74, 6) is 0. The van der Waals surface area contributed by atoms with Crippen molar-refractivity contribution in [3.63, 3.8) is 0 Å². The first-order chi connectivity index (χ1) is 8.90. The average molecular weight is 240 g/mol. The number of para-hydroxylation sites is 1. The van der Waals surface area contributed by atoms with Crippen LogP contribution >= 0.6 is 0 Å². The van der Waals surface area contributed by atoms with Gasteiger partial charge < -0.3 is 10.2 Å². The number of benzene rings is 2. The van der Waals surface area contributed by atoms with Gasteiger partial charge in [-0.25, -0.2) is 0 Å². The molecule has 0 aromatic heterocycles. The Hall–Kier alpha value is -1.80. The van der Waals surface area contributed by atoms with Crippen LogP contribution < -0.4 is 10.2 Å². The van der Waals surface area contributed by atoms with Gasteiger partial charge in [-0.05, 0) is 24.7 Å². The van der Waals surface area contributed by atoms with Gasteiger partial charge in [0.05, 0.1) is 0 Å². The Labute approximate surface area is 109 Å². The molecule has 2 heteroatoms. The van der Waals surface area contributed by atoms with Gasteiger partial charge in [0.25, 0.3) is 0 Å². The molecule has 94 valence electrons. The predicted molar refractivity (Wildman–Crippen MR) is 77.9 cm³/mol. The molecule has 0 unspecified atom stereocenters. The van der Waals surface area contributed by atoms with Gasteiger partial charge in [0, 0.05) is 25.3 Å². The van der Waals surface area contributed by atoms with Crippen molar-refractivity contribution in [2.24, 2.45) is 0 Å². The lowest BCUT2D eigenvalue weighted by Gasteiger charge is -2.25. The molecule has 0 aliphatic heterocycles. The molecule has 18 heavy (non-hydrogen) atoms. The summed E-state index contributed by atoms with van der Waals surface area (Å²) in [5.41, 5.74) is 2.62. The summed E-state index contributed by atoms with van der Waals surface area (Å²) in [6.45, 7) is 2.95. The summed E-state index contributed by atoms with van der Waals surface area (Å²) in [7, 11) is 1.99. The molecule has 1 N–H and O–H groups in total. The highest BCUT2D eigenvalue weighted by Crippen LogP contribution is 2.16. The van der Waals surface area contributed by atoms with Crippen LogP contribution in [0, 0.1) is 0 Å². The predicted octanol–water partition coefficient (Wildman–Crippen LogP) is 2.91. The summed E-state index contributed by atoms with van der Waals surface area (Å²) in [6.07, 6.45) is 0. The van der Waals surface area contributed by atoms with Gasteiger partial charge in [0.15, 0.2) is 0 Å². The second-order valence-electron chi connectivity index (χ2n) is 4.35. The second-order valence-corrected chi connectivity index (χ2v) is 4.35. The Kier molecular flexibility index (Phi) is 4.79. The van der Waals surface area contributed by atoms with Crippen LogP contribution in [0.1, 0.15) is 5.56 Å². The zero-order valence-electron chi connectivity index (χ0n) is 10.8. The Bertz CT molecular complexity index is 439. The van der Waals surface area contributed by atoms with Gasteiger partial charge >= 0.3 is 0 Å². The first kappa shape index (κ1) is 12.7. The van der Waals surface area contributed by atoms with Crippen molar-refractivity contribution < 1.29 is 0 Å². The largest absolute Gasteiger partial charge is 0.366 e. The van der Waals surface area contributed by atoms with Crippen molar-refractivity contribution in [2.45, 2.75) is 6.54 Å². The molecular weight excluding hydrogens is 220 g/mol. The Morgan fingerprint density at radius 1 is 0.889 bits per heavy atom. The maximum Gasteiger partial charge on any atom is 0.0430 e. The smallest absolute Gasteiger partial charge is 0.0430 e. The highest BCUT2D eigenvalue weighted by molar-refractivity contribution is 5.46. The van der Waals surface area contributed by atoms with E-state index in [9.17, 15) is 0 Å². The normalized spacial score (nSPS) is 10.3. The molecular formula is C16H20N2. The first-order valence-corrected chi connectivity index (χ1v) is 6.38. The van der Waals surface area contributed by atoms with E-state index in [-0.39, 0.29) is 0 Å². The Balaban J connectivity index is 2.10. The SMILES string of the molecule is CNCCN(Cc1ccccc1)c1ccccc1. The fourth-order valence-corrected chi connectivity index (χ4v) is 1.99. The summed E-state index contributed by atoms with van der Waals surface area (Å²) < 4.78 is 0. The molecule has 0 saturated carbocycles. The molecule has 0 amide bonds. The molecule has 0 radical (unpaired) electrons. The van der Waals surface area contributed by atoms with Crippen LogP contribution in [-0.2, 0) is 6.54 Å². The number of hydrogen-bond acceptors (Lipinski definition) is 2. The minimum Gasteiger partial charge on any atom is -0.366 e. The molecule has 0 atom stereocenters. The Morgan fingerprint density at radius 2 is 1.50 bits per heavy atom. The van der Waals surface area contributed by atoms with E-state index in [1.54, 1.807) is 0 Å². The molecule has 0 fully saturated rings. The topological polar surface area (TPSA) is 15.3 Å². The van der Waals surface area contributed by atoms with E-state index in [0.717, 1.165) is 19.6 Å². The highest BCUT2D eigenvalue weighted by atomic mass is 15.1. The second kappa shape index (κ2) is 6.82. The highest BCUT2D eigenvalue weighted by Gasteiger charge is 2.05. The average Bonchev–Trinajstić information content (AvgIpc) is 2.45. The molecule has 0 aliphatic carbocycles. The van der Waals surface area contributed by atoms with Crippen LogP contribution in [-0.4, -0.2) is 20.1 Å². The summed E-state index contributed by atoms with van der Waals surface area (Å²) in [6, 6.07) is 21.2. The van der Waals surface area contributed by atoms with E-state index in [2.05, 4.69) is 70.9 Å². The van der Waals surface area contributed by atoms with E-state index in [1.165, 1.54) is 11.3 Å². The van der Waals surface area contributed by atoms with E-state index < -0.39 is 0 Å². The molecule has 0 aliphatic rings. The van der Waals surface area contributed by atoms with Crippen LogP contribution in [0.15, 0.2) is 60.7 Å². The number of likely N-dealkylation sites (N-methyl/N-ethyl adjacent to an activating group) is 1. The van der Waals surface area contributed by atoms with Crippen molar-refractivity contribution in [3.05, 3.63) is 66.2 Å². The minimum absolute atomic E-state index is 0.951. The zero-order valence-corrected chi connectivity index (χ0v) is 10.8. The lowest BCUT2D eigenvalue weighted by atomic mass is 10.2. The summed E-state index contributed by atoms with van der Waals surface area (Å²) in [5, 5.41) is 3.21. The van der Waals surface area contributed by atoms with E-state index >= 15 is 0 Å². The monoisotopic (exact) mass is 240 g/mol. The van der Waals surface area contributed by atoms with Gasteiger partial charge in [-0.1, -0.05) is 48.5 Å². The number of anilines is 1. The molecule has 0 spiro atoms. The maximum absolute atomic E-state index is 3.21. The summed E-state index contributed by atoms with van der Waals surface area (Å²) in [4.78, 5) is 2.39. The van der Waals surface area contributed by atoms with Gasteiger partial charge in [-0.15, -0.1) is 0 Å². The van der Waals surface area contributed by atoms with Crippen molar-refractivity contribution in [2.75, 3.05) is 25.0 Å². The van der Waals surface area contributed by atoms with Crippen molar-refractivity contribution in [1.82, 2.24) is 5.32 Å². The molecule has 0 heterocycles. The quantitative estimate of drug-likeness (QED) is 0.835. The van der Waals surface area contributed by atoms with Crippen LogP contribution in [0.2, 0.25) is 0 Å². The molecule has 2 aromatic rings. The molecule has 2 aromatic carbocycles. The third-order valence-corrected chi connectivity index (χ3v) is 2.97. The van der Waals surface area contributed by atoms with Crippen molar-refractivity contribution in [3.8, 4) is 0 Å². The van der Waals surface area contributed by atoms with Gasteiger partial charge in [-0.2, -0.15) is 0 Å². The van der Waals surface area contributed by atoms with E-state index in [4.69, 9.17) is 0 Å². The van der Waals surface area contributed by atoms with Crippen molar-refractivity contribution in [1.29, 1.82) is 0 Å². The number of nitrogens with zero attached hydrogens (tertiary/aromatic N) is 1. The minimum atomic E-state index is 0.951. The Morgan fingerprint density at radius 3 is 2.11 bits per heavy atom. The third-order valence-electron chi connectivity index (χ3n) is 2.97. The van der Waals surface area contributed by atoms with Gasteiger partial charge in [0.1, 0.15) is 0 Å². The number of nitrogens with one attached hydrogen (secondary N) is 1. The van der Waals surface area contributed by atoms with Crippen molar-refractivity contribution >= 4 is 5.69 Å². The van der Waals surface area contributed by atoms with E-state index in [1.807, 2.05) is 7.05 Å². The van der Waals surface area contributed by atoms with Gasteiger partial charge in [-0.3, -0.25) is 0 Å².